The van der Waals surface area contributed by atoms with Crippen molar-refractivity contribution in [3.05, 3.63) is 100 Å². The molecular formula is C29H26FN3O3. The first-order valence-corrected chi connectivity index (χ1v) is 12.0. The molecule has 3 aromatic carbocycles. The summed E-state index contributed by atoms with van der Waals surface area (Å²) in [5.41, 5.74) is 4.81. The maximum absolute atomic E-state index is 14.5. The number of methoxy groups -OCH3 is 1. The van der Waals surface area contributed by atoms with Gasteiger partial charge in [0, 0.05) is 28.7 Å². The predicted molar refractivity (Wildman–Crippen MR) is 135 cm³/mol. The van der Waals surface area contributed by atoms with Crippen LogP contribution in [0.15, 0.2) is 66.7 Å². The van der Waals surface area contributed by atoms with E-state index in [4.69, 9.17) is 4.74 Å². The lowest BCUT2D eigenvalue weighted by Crippen LogP contribution is -2.47. The van der Waals surface area contributed by atoms with E-state index >= 15 is 0 Å². The summed E-state index contributed by atoms with van der Waals surface area (Å²) in [7, 11) is 1.33. The fourth-order valence-electron chi connectivity index (χ4n) is 5.99. The second-order valence-electron chi connectivity index (χ2n) is 9.62. The number of carbonyl (C=O) groups excluding carboxylic acids is 2. The van der Waals surface area contributed by atoms with Crippen LogP contribution >= 0.6 is 0 Å². The minimum absolute atomic E-state index is 0.00308. The van der Waals surface area contributed by atoms with Crippen LogP contribution in [0.5, 0.6) is 0 Å². The number of halogens is 1. The number of aromatic nitrogens is 1. The Kier molecular flexibility index (Phi) is 5.10. The van der Waals surface area contributed by atoms with Gasteiger partial charge in [-0.1, -0.05) is 48.0 Å². The van der Waals surface area contributed by atoms with Gasteiger partial charge in [0.2, 0.25) is 5.91 Å². The summed E-state index contributed by atoms with van der Waals surface area (Å²) in [5, 5.41) is 4.18. The second kappa shape index (κ2) is 8.22. The summed E-state index contributed by atoms with van der Waals surface area (Å²) in [6, 6.07) is 20.3. The highest BCUT2D eigenvalue weighted by molar-refractivity contribution is 6.00. The van der Waals surface area contributed by atoms with Crippen molar-refractivity contribution in [3.8, 4) is 0 Å². The molecule has 1 fully saturated rings. The molecule has 7 heteroatoms. The Labute approximate surface area is 208 Å². The highest BCUT2D eigenvalue weighted by atomic mass is 19.1. The van der Waals surface area contributed by atoms with Crippen molar-refractivity contribution in [3.63, 3.8) is 0 Å². The Morgan fingerprint density at radius 3 is 2.67 bits per heavy atom. The number of rotatable bonds is 4. The number of aryl methyl sites for hydroxylation is 1. The fraction of sp³-hybridized carbons (Fsp3) is 0.241. The number of anilines is 1. The SMILES string of the molecule is COC(=O)c1[nH]c2ccc(F)cc2c1[C@]12CCN(C(=O)Cc3ccc(C)cc3)[C@H]1Nc1ccccc12. The zero-order chi connectivity index (χ0) is 25.0. The number of fused-ring (bicyclic) bond motifs is 4. The van der Waals surface area contributed by atoms with E-state index in [0.29, 0.717) is 29.4 Å². The normalized spacial score (nSPS) is 20.2. The van der Waals surface area contributed by atoms with E-state index in [1.807, 2.05) is 60.4 Å². The Morgan fingerprint density at radius 1 is 1.11 bits per heavy atom. The number of hydrogen-bond acceptors (Lipinski definition) is 4. The highest BCUT2D eigenvalue weighted by Gasteiger charge is 2.58. The fourth-order valence-corrected chi connectivity index (χ4v) is 5.99. The molecule has 1 saturated heterocycles. The minimum Gasteiger partial charge on any atom is -0.464 e. The minimum atomic E-state index is -0.755. The molecule has 0 radical (unpaired) electrons. The van der Waals surface area contributed by atoms with Gasteiger partial charge in [-0.05, 0) is 48.7 Å². The van der Waals surface area contributed by atoms with Crippen molar-refractivity contribution in [2.75, 3.05) is 19.0 Å². The van der Waals surface area contributed by atoms with Crippen LogP contribution < -0.4 is 5.32 Å². The van der Waals surface area contributed by atoms with E-state index in [0.717, 1.165) is 22.4 Å². The molecule has 6 rings (SSSR count). The number of ether oxygens (including phenoxy) is 1. The number of carbonyl (C=O) groups is 2. The van der Waals surface area contributed by atoms with Gasteiger partial charge < -0.3 is 19.9 Å². The Bertz CT molecular complexity index is 1510. The number of esters is 1. The molecule has 0 aliphatic carbocycles. The lowest BCUT2D eigenvalue weighted by atomic mass is 9.72. The first-order chi connectivity index (χ1) is 17.4. The van der Waals surface area contributed by atoms with Crippen molar-refractivity contribution in [2.45, 2.75) is 31.3 Å². The van der Waals surface area contributed by atoms with Crippen LogP contribution in [0.1, 0.15) is 39.2 Å². The second-order valence-corrected chi connectivity index (χ2v) is 9.62. The quantitative estimate of drug-likeness (QED) is 0.405. The molecule has 2 atom stereocenters. The molecule has 1 aromatic heterocycles. The smallest absolute Gasteiger partial charge is 0.354 e. The monoisotopic (exact) mass is 483 g/mol. The zero-order valence-corrected chi connectivity index (χ0v) is 20.1. The summed E-state index contributed by atoms with van der Waals surface area (Å²) in [6.45, 7) is 2.52. The van der Waals surface area contributed by atoms with Crippen molar-refractivity contribution in [1.29, 1.82) is 0 Å². The van der Waals surface area contributed by atoms with Gasteiger partial charge in [-0.3, -0.25) is 4.79 Å². The summed E-state index contributed by atoms with van der Waals surface area (Å²) in [6.07, 6.45) is 0.421. The number of hydrogen-bond donors (Lipinski definition) is 2. The van der Waals surface area contributed by atoms with Gasteiger partial charge in [-0.15, -0.1) is 0 Å². The Balaban J connectivity index is 1.52. The van der Waals surface area contributed by atoms with Crippen molar-refractivity contribution < 1.29 is 18.7 Å². The largest absolute Gasteiger partial charge is 0.464 e. The van der Waals surface area contributed by atoms with Gasteiger partial charge in [0.25, 0.3) is 0 Å². The molecule has 2 aliphatic heterocycles. The van der Waals surface area contributed by atoms with E-state index in [9.17, 15) is 14.0 Å². The molecular weight excluding hydrogens is 457 g/mol. The van der Waals surface area contributed by atoms with E-state index < -0.39 is 23.4 Å². The van der Waals surface area contributed by atoms with E-state index in [1.54, 1.807) is 6.07 Å². The first kappa shape index (κ1) is 22.3. The van der Waals surface area contributed by atoms with Gasteiger partial charge in [-0.25, -0.2) is 9.18 Å². The molecule has 36 heavy (non-hydrogen) atoms. The maximum Gasteiger partial charge on any atom is 0.354 e. The van der Waals surface area contributed by atoms with E-state index in [1.165, 1.54) is 19.2 Å². The molecule has 0 unspecified atom stereocenters. The van der Waals surface area contributed by atoms with E-state index in [2.05, 4.69) is 10.3 Å². The Morgan fingerprint density at radius 2 is 1.89 bits per heavy atom. The molecule has 6 nitrogen and oxygen atoms in total. The molecule has 182 valence electrons. The lowest BCUT2D eigenvalue weighted by molar-refractivity contribution is -0.131. The third-order valence-electron chi connectivity index (χ3n) is 7.62. The standard InChI is InChI=1S/C29H26FN3O3/c1-17-7-9-18(10-8-17)15-24(34)33-14-13-29(21-5-3-4-6-23(21)32-28(29)33)25-20-16-19(30)11-12-22(20)31-26(25)27(35)36-2/h3-12,16,28,31-32H,13-15H2,1-2H3/t28-,29-/m1/s1. The van der Waals surface area contributed by atoms with Crippen LogP contribution in [-0.4, -0.2) is 41.6 Å². The van der Waals surface area contributed by atoms with Gasteiger partial charge in [0.05, 0.1) is 18.9 Å². The third-order valence-corrected chi connectivity index (χ3v) is 7.62. The van der Waals surface area contributed by atoms with Crippen molar-refractivity contribution >= 4 is 28.5 Å². The molecule has 1 amide bonds. The number of nitrogens with zero attached hydrogens (tertiary/aromatic N) is 1. The van der Waals surface area contributed by atoms with Crippen molar-refractivity contribution in [2.24, 2.45) is 0 Å². The average Bonchev–Trinajstić information content (AvgIpc) is 3.53. The number of aromatic amines is 1. The summed E-state index contributed by atoms with van der Waals surface area (Å²) < 4.78 is 19.6. The average molecular weight is 484 g/mol. The van der Waals surface area contributed by atoms with Gasteiger partial charge in [-0.2, -0.15) is 0 Å². The van der Waals surface area contributed by atoms with Crippen LogP contribution in [0, 0.1) is 12.7 Å². The molecule has 0 bridgehead atoms. The van der Waals surface area contributed by atoms with Crippen LogP contribution in [0.2, 0.25) is 0 Å². The van der Waals surface area contributed by atoms with Gasteiger partial charge >= 0.3 is 5.97 Å². The third kappa shape index (κ3) is 3.22. The molecule has 0 saturated carbocycles. The molecule has 0 spiro atoms. The van der Waals surface area contributed by atoms with Crippen LogP contribution in [-0.2, 0) is 21.4 Å². The predicted octanol–water partition coefficient (Wildman–Crippen LogP) is 4.91. The van der Waals surface area contributed by atoms with Gasteiger partial charge in [0.15, 0.2) is 0 Å². The van der Waals surface area contributed by atoms with Crippen LogP contribution in [0.3, 0.4) is 0 Å². The zero-order valence-electron chi connectivity index (χ0n) is 20.1. The summed E-state index contributed by atoms with van der Waals surface area (Å²) >= 11 is 0. The number of nitrogens with one attached hydrogen (secondary N) is 2. The van der Waals surface area contributed by atoms with Gasteiger partial charge in [0.1, 0.15) is 17.7 Å². The number of benzene rings is 3. The molecule has 3 heterocycles. The first-order valence-electron chi connectivity index (χ1n) is 12.0. The van der Waals surface area contributed by atoms with Crippen molar-refractivity contribution in [1.82, 2.24) is 9.88 Å². The van der Waals surface area contributed by atoms with E-state index in [-0.39, 0.29) is 18.0 Å². The summed E-state index contributed by atoms with van der Waals surface area (Å²) in [4.78, 5) is 31.6. The lowest BCUT2D eigenvalue weighted by Gasteiger charge is -2.33. The molecule has 2 aliphatic rings. The van der Waals surface area contributed by atoms with Crippen LogP contribution in [0.4, 0.5) is 10.1 Å². The topological polar surface area (TPSA) is 74.4 Å². The summed E-state index contributed by atoms with van der Waals surface area (Å²) in [5.74, 6) is -0.920. The number of likely N-dealkylation sites (tertiary alicyclic amines) is 1. The number of para-hydroxylation sites is 1. The molecule has 2 N–H and O–H groups in total. The van der Waals surface area contributed by atoms with Crippen LogP contribution in [0.25, 0.3) is 10.9 Å². The maximum atomic E-state index is 14.5. The molecule has 4 aromatic rings. The Hall–Kier alpha value is -4.13. The number of H-pyrrole nitrogens is 1. The highest BCUT2D eigenvalue weighted by Crippen LogP contribution is 2.55. The number of amides is 1.